The molecule has 2 spiro atoms. The van der Waals surface area contributed by atoms with Crippen LogP contribution >= 0.6 is 0 Å². The minimum atomic E-state index is 0.260. The van der Waals surface area contributed by atoms with Crippen molar-refractivity contribution in [1.29, 1.82) is 0 Å². The largest absolute Gasteiger partial charge is 0.374 e. The molecule has 1 aliphatic carbocycles. The Morgan fingerprint density at radius 2 is 1.63 bits per heavy atom. The summed E-state index contributed by atoms with van der Waals surface area (Å²) < 4.78 is 0. The van der Waals surface area contributed by atoms with Gasteiger partial charge in [0.1, 0.15) is 0 Å². The van der Waals surface area contributed by atoms with Gasteiger partial charge in [0.05, 0.1) is 0 Å². The summed E-state index contributed by atoms with van der Waals surface area (Å²) in [6.07, 6.45) is 9.46. The lowest BCUT2D eigenvalue weighted by Gasteiger charge is -2.51. The maximum absolute atomic E-state index is 4.47. The zero-order valence-corrected chi connectivity index (χ0v) is 17.1. The van der Waals surface area contributed by atoms with Crippen LogP contribution in [0.4, 0.5) is 0 Å². The summed E-state index contributed by atoms with van der Waals surface area (Å²) in [7, 11) is 2.34. The molecule has 3 heterocycles. The number of benzene rings is 1. The molecule has 1 aromatic carbocycles. The van der Waals surface area contributed by atoms with Crippen LogP contribution in [0.1, 0.15) is 49.7 Å². The highest BCUT2D eigenvalue weighted by Crippen LogP contribution is 2.53. The van der Waals surface area contributed by atoms with Gasteiger partial charge in [0, 0.05) is 50.5 Å². The summed E-state index contributed by atoms with van der Waals surface area (Å²) in [5, 5.41) is 0. The molecule has 1 saturated carbocycles. The molecular formula is C24H35N3. The highest BCUT2D eigenvalue weighted by molar-refractivity contribution is 5.37. The number of hydrogen-bond donors (Lipinski definition) is 0. The molecule has 0 N–H and O–H groups in total. The van der Waals surface area contributed by atoms with Crippen molar-refractivity contribution >= 4 is 0 Å². The topological polar surface area (TPSA) is 9.72 Å². The number of hydrogen-bond acceptors (Lipinski definition) is 3. The molecule has 0 aromatic heterocycles. The summed E-state index contributed by atoms with van der Waals surface area (Å²) in [5.74, 6) is 0. The normalized spacial score (nSPS) is 26.9. The Balaban J connectivity index is 1.21. The fourth-order valence-corrected chi connectivity index (χ4v) is 5.96. The van der Waals surface area contributed by atoms with Crippen molar-refractivity contribution in [2.45, 2.75) is 50.5 Å². The monoisotopic (exact) mass is 365 g/mol. The molecule has 3 heteroatoms. The third kappa shape index (κ3) is 3.13. The minimum absolute atomic E-state index is 0.260. The first-order chi connectivity index (χ1) is 13.1. The van der Waals surface area contributed by atoms with Gasteiger partial charge in [-0.25, -0.2) is 0 Å². The average molecular weight is 366 g/mol. The molecule has 3 fully saturated rings. The Bertz CT molecular complexity index is 702. The van der Waals surface area contributed by atoms with Crippen LogP contribution in [0, 0.1) is 5.41 Å². The van der Waals surface area contributed by atoms with Crippen molar-refractivity contribution in [2.24, 2.45) is 5.41 Å². The number of likely N-dealkylation sites (tertiary alicyclic amines) is 2. The van der Waals surface area contributed by atoms with Crippen molar-refractivity contribution in [3.8, 4) is 0 Å². The van der Waals surface area contributed by atoms with Crippen LogP contribution < -0.4 is 0 Å². The van der Waals surface area contributed by atoms with Gasteiger partial charge < -0.3 is 4.90 Å². The first kappa shape index (κ1) is 17.8. The Kier molecular flexibility index (Phi) is 4.36. The van der Waals surface area contributed by atoms with E-state index in [0.29, 0.717) is 0 Å². The van der Waals surface area contributed by atoms with Crippen molar-refractivity contribution in [3.63, 3.8) is 0 Å². The van der Waals surface area contributed by atoms with E-state index in [1.165, 1.54) is 83.4 Å². The van der Waals surface area contributed by atoms with E-state index in [4.69, 9.17) is 0 Å². The fraction of sp³-hybridized carbons (Fsp3) is 0.667. The second kappa shape index (κ2) is 6.63. The van der Waals surface area contributed by atoms with Gasteiger partial charge in [-0.05, 0) is 68.5 Å². The maximum atomic E-state index is 4.47. The molecule has 4 aliphatic rings. The predicted molar refractivity (Wildman–Crippen MR) is 112 cm³/mol. The Morgan fingerprint density at radius 3 is 2.33 bits per heavy atom. The van der Waals surface area contributed by atoms with Crippen LogP contribution in [0.25, 0.3) is 0 Å². The zero-order valence-electron chi connectivity index (χ0n) is 17.1. The summed E-state index contributed by atoms with van der Waals surface area (Å²) in [6.45, 7) is 11.6. The zero-order chi connectivity index (χ0) is 18.5. The molecule has 0 amide bonds. The molecule has 2 saturated heterocycles. The van der Waals surface area contributed by atoms with Gasteiger partial charge in [-0.1, -0.05) is 30.8 Å². The molecule has 146 valence electrons. The lowest BCUT2D eigenvalue weighted by atomic mass is 9.74. The first-order valence-electron chi connectivity index (χ1n) is 11.1. The van der Waals surface area contributed by atoms with Crippen molar-refractivity contribution in [1.82, 2.24) is 14.7 Å². The quantitative estimate of drug-likeness (QED) is 0.805. The molecule has 0 bridgehead atoms. The molecule has 3 nitrogen and oxygen atoms in total. The van der Waals surface area contributed by atoms with Crippen LogP contribution in [0.3, 0.4) is 0 Å². The highest BCUT2D eigenvalue weighted by atomic mass is 15.2. The molecule has 0 radical (unpaired) electrons. The van der Waals surface area contributed by atoms with Gasteiger partial charge >= 0.3 is 0 Å². The number of piperidine rings is 2. The minimum Gasteiger partial charge on any atom is -0.374 e. The van der Waals surface area contributed by atoms with Crippen molar-refractivity contribution in [2.75, 3.05) is 46.3 Å². The number of rotatable bonds is 3. The van der Waals surface area contributed by atoms with Crippen molar-refractivity contribution in [3.05, 3.63) is 47.7 Å². The number of nitrogens with zero attached hydrogens (tertiary/aromatic N) is 3. The highest BCUT2D eigenvalue weighted by Gasteiger charge is 2.45. The summed E-state index contributed by atoms with van der Waals surface area (Å²) >= 11 is 0. The van der Waals surface area contributed by atoms with Crippen LogP contribution in [0.5, 0.6) is 0 Å². The SMILES string of the molecule is C=C(CN1CCC2(CC1)c1ccccc1CCN2C)N1CCC2(CC1)CC2. The van der Waals surface area contributed by atoms with E-state index in [1.807, 2.05) is 0 Å². The molecular weight excluding hydrogens is 330 g/mol. The molecule has 1 aromatic rings. The third-order valence-electron chi connectivity index (χ3n) is 8.28. The first-order valence-corrected chi connectivity index (χ1v) is 11.1. The van der Waals surface area contributed by atoms with E-state index in [2.05, 4.69) is 52.6 Å². The molecule has 5 rings (SSSR count). The molecule has 0 unspecified atom stereocenters. The van der Waals surface area contributed by atoms with Gasteiger partial charge in [-0.15, -0.1) is 0 Å². The lowest BCUT2D eigenvalue weighted by molar-refractivity contribution is 0.0283. The van der Waals surface area contributed by atoms with Crippen LogP contribution in [0.2, 0.25) is 0 Å². The van der Waals surface area contributed by atoms with E-state index < -0.39 is 0 Å². The van der Waals surface area contributed by atoms with E-state index >= 15 is 0 Å². The summed E-state index contributed by atoms with van der Waals surface area (Å²) in [5.41, 5.74) is 5.56. The smallest absolute Gasteiger partial charge is 0.0484 e. The summed E-state index contributed by atoms with van der Waals surface area (Å²) in [4.78, 5) is 7.87. The van der Waals surface area contributed by atoms with Gasteiger partial charge in [-0.2, -0.15) is 0 Å². The standard InChI is InChI=1S/C24H35N3/c1-20(27-17-10-23(8-9-23)11-18-27)19-26-15-12-24(13-16-26)22-6-4-3-5-21(22)7-14-25(24)2/h3-6H,1,7-19H2,2H3. The fourth-order valence-electron chi connectivity index (χ4n) is 5.96. The Morgan fingerprint density at radius 1 is 0.926 bits per heavy atom. The van der Waals surface area contributed by atoms with Gasteiger partial charge in [0.25, 0.3) is 0 Å². The molecule has 3 aliphatic heterocycles. The van der Waals surface area contributed by atoms with Crippen molar-refractivity contribution < 1.29 is 0 Å². The predicted octanol–water partition coefficient (Wildman–Crippen LogP) is 3.86. The van der Waals surface area contributed by atoms with Crippen LogP contribution in [-0.2, 0) is 12.0 Å². The number of fused-ring (bicyclic) bond motifs is 2. The lowest BCUT2D eigenvalue weighted by Crippen LogP contribution is -2.55. The second-order valence-corrected chi connectivity index (χ2v) is 9.69. The Labute approximate surface area is 165 Å². The maximum Gasteiger partial charge on any atom is 0.0484 e. The van der Waals surface area contributed by atoms with E-state index in [1.54, 1.807) is 11.1 Å². The van der Waals surface area contributed by atoms with Crippen LogP contribution in [0.15, 0.2) is 36.5 Å². The molecule has 27 heavy (non-hydrogen) atoms. The average Bonchev–Trinajstić information content (AvgIpc) is 3.46. The van der Waals surface area contributed by atoms with E-state index in [9.17, 15) is 0 Å². The van der Waals surface area contributed by atoms with Gasteiger partial charge in [0.2, 0.25) is 0 Å². The summed E-state index contributed by atoms with van der Waals surface area (Å²) in [6, 6.07) is 9.18. The second-order valence-electron chi connectivity index (χ2n) is 9.69. The molecule has 0 atom stereocenters. The van der Waals surface area contributed by atoms with Gasteiger partial charge in [-0.3, -0.25) is 9.80 Å². The Hall–Kier alpha value is -1.32. The van der Waals surface area contributed by atoms with Gasteiger partial charge in [0.15, 0.2) is 0 Å². The third-order valence-corrected chi connectivity index (χ3v) is 8.28. The van der Waals surface area contributed by atoms with E-state index in [0.717, 1.165) is 12.0 Å². The van der Waals surface area contributed by atoms with Crippen LogP contribution in [-0.4, -0.2) is 61.0 Å². The number of likely N-dealkylation sites (N-methyl/N-ethyl adjacent to an activating group) is 1. The van der Waals surface area contributed by atoms with E-state index in [-0.39, 0.29) is 5.54 Å².